The van der Waals surface area contributed by atoms with Gasteiger partial charge in [-0.2, -0.15) is 0 Å². The van der Waals surface area contributed by atoms with Gasteiger partial charge in [0.15, 0.2) is 0 Å². The fraction of sp³-hybridized carbons (Fsp3) is 1.00. The molecule has 3 N–H and O–H groups in total. The molecule has 0 aromatic carbocycles. The Morgan fingerprint density at radius 2 is 1.93 bits per heavy atom. The van der Waals surface area contributed by atoms with Crippen molar-refractivity contribution in [3.8, 4) is 0 Å². The lowest BCUT2D eigenvalue weighted by atomic mass is 9.43. The van der Waals surface area contributed by atoms with Crippen molar-refractivity contribution in [3.63, 3.8) is 0 Å². The van der Waals surface area contributed by atoms with Crippen LogP contribution in [0.4, 0.5) is 0 Å². The molecule has 1 spiro atoms. The lowest BCUT2D eigenvalue weighted by Crippen LogP contribution is -2.76. The molecule has 0 unspecified atom stereocenters. The van der Waals surface area contributed by atoms with Crippen molar-refractivity contribution in [1.29, 1.82) is 0 Å². The van der Waals surface area contributed by atoms with Crippen LogP contribution in [-0.2, 0) is 9.47 Å². The molecule has 6 heteroatoms. The van der Waals surface area contributed by atoms with Crippen LogP contribution in [0.3, 0.4) is 0 Å². The Hall–Kier alpha value is -0.240. The van der Waals surface area contributed by atoms with E-state index in [2.05, 4.69) is 11.8 Å². The van der Waals surface area contributed by atoms with Gasteiger partial charge in [0.1, 0.15) is 0 Å². The maximum Gasteiger partial charge on any atom is 0.0771 e. The van der Waals surface area contributed by atoms with E-state index in [-0.39, 0.29) is 52.8 Å². The lowest BCUT2D eigenvalue weighted by Gasteiger charge is -2.69. The Morgan fingerprint density at radius 3 is 2.62 bits per heavy atom. The topological polar surface area (TPSA) is 82.4 Å². The van der Waals surface area contributed by atoms with Crippen molar-refractivity contribution in [3.05, 3.63) is 0 Å². The van der Waals surface area contributed by atoms with Crippen molar-refractivity contribution in [2.45, 2.75) is 69.0 Å². The van der Waals surface area contributed by atoms with E-state index in [4.69, 9.17) is 9.47 Å². The maximum absolute atomic E-state index is 12.2. The quantitative estimate of drug-likeness (QED) is 0.642. The number of likely N-dealkylation sites (tertiary alicyclic amines) is 1. The van der Waals surface area contributed by atoms with Crippen LogP contribution in [0.25, 0.3) is 0 Å². The van der Waals surface area contributed by atoms with Crippen LogP contribution in [0.1, 0.15) is 39.0 Å². The molecule has 5 aliphatic carbocycles. The molecular formula is C23H37NO5. The second-order valence-corrected chi connectivity index (χ2v) is 11.2. The van der Waals surface area contributed by atoms with Gasteiger partial charge >= 0.3 is 0 Å². The molecule has 6 aliphatic rings. The fourth-order valence-corrected chi connectivity index (χ4v) is 10.4. The Labute approximate surface area is 173 Å². The summed E-state index contributed by atoms with van der Waals surface area (Å²) in [5.41, 5.74) is -1.08. The molecule has 1 heterocycles. The van der Waals surface area contributed by atoms with Gasteiger partial charge < -0.3 is 24.8 Å². The summed E-state index contributed by atoms with van der Waals surface area (Å²) in [5.74, 6) is 0.553. The van der Waals surface area contributed by atoms with Crippen molar-refractivity contribution in [2.24, 2.45) is 40.4 Å². The standard InChI is InChI=1S/C23H37NO5/c1-4-24-10-21(11-28-2)6-5-17(25)23-13-7-12-15(29-3)9-22(27,18(13)19(12)26)14(20(23)24)8-16(21)23/h12-20,25-27H,4-11H2,1-3H3/t12-,13-,14+,15+,16-,17+,18-,19-,20-,21+,22+,23-/m0/s1. The number of aliphatic hydroxyl groups excluding tert-OH is 2. The number of hydrogen-bond acceptors (Lipinski definition) is 6. The van der Waals surface area contributed by atoms with Crippen molar-refractivity contribution >= 4 is 0 Å². The van der Waals surface area contributed by atoms with Gasteiger partial charge in [-0.05, 0) is 44.1 Å². The predicted octanol–water partition coefficient (Wildman–Crippen LogP) is 0.877. The van der Waals surface area contributed by atoms with Crippen LogP contribution in [0.2, 0.25) is 0 Å². The average molecular weight is 408 g/mol. The molecule has 7 bridgehead atoms. The van der Waals surface area contributed by atoms with Crippen LogP contribution in [-0.4, -0.2) is 84.1 Å². The molecule has 6 nitrogen and oxygen atoms in total. The number of piperidine rings is 1. The maximum atomic E-state index is 12.2. The number of fused-ring (bicyclic) bond motifs is 2. The summed E-state index contributed by atoms with van der Waals surface area (Å²) in [5, 5.41) is 35.2. The highest BCUT2D eigenvalue weighted by Crippen LogP contribution is 2.78. The summed E-state index contributed by atoms with van der Waals surface area (Å²) in [6.45, 7) is 4.88. The van der Waals surface area contributed by atoms with Gasteiger partial charge in [0, 0.05) is 61.8 Å². The van der Waals surface area contributed by atoms with E-state index >= 15 is 0 Å². The molecule has 5 saturated carbocycles. The zero-order valence-corrected chi connectivity index (χ0v) is 18.0. The third kappa shape index (κ3) is 1.93. The van der Waals surface area contributed by atoms with E-state index in [0.717, 1.165) is 45.4 Å². The SMILES string of the molecule is CCN1C[C@@]2(COC)CC[C@@H](O)[C@@]34[C@@H]1[C@@H](C[C@@H]23)[C@]1(O)C[C@@H](OC)[C@@H]2C[C@H]4[C@H]1[C@H]2O. The Balaban J connectivity index is 1.57. The van der Waals surface area contributed by atoms with Crippen LogP contribution in [0, 0.1) is 40.4 Å². The Bertz CT molecular complexity index is 705. The second-order valence-electron chi connectivity index (χ2n) is 11.2. The minimum absolute atomic E-state index is 0.0495. The summed E-state index contributed by atoms with van der Waals surface area (Å²) in [4.78, 5) is 2.57. The smallest absolute Gasteiger partial charge is 0.0771 e. The number of hydrogen-bond donors (Lipinski definition) is 3. The van der Waals surface area contributed by atoms with E-state index < -0.39 is 11.7 Å². The van der Waals surface area contributed by atoms with E-state index in [9.17, 15) is 15.3 Å². The highest BCUT2D eigenvalue weighted by Gasteiger charge is 2.83. The summed E-state index contributed by atoms with van der Waals surface area (Å²) in [6.07, 6.45) is 3.27. The summed E-state index contributed by atoms with van der Waals surface area (Å²) >= 11 is 0. The molecule has 1 aliphatic heterocycles. The number of rotatable bonds is 4. The normalized spacial score (nSPS) is 62.5. The molecule has 12 atom stereocenters. The number of nitrogens with zero attached hydrogens (tertiary/aromatic N) is 1. The largest absolute Gasteiger partial charge is 0.392 e. The summed E-state index contributed by atoms with van der Waals surface area (Å²) < 4.78 is 11.6. The van der Waals surface area contributed by atoms with Gasteiger partial charge in [0.2, 0.25) is 0 Å². The first-order valence-electron chi connectivity index (χ1n) is 11.7. The fourth-order valence-electron chi connectivity index (χ4n) is 10.4. The van der Waals surface area contributed by atoms with Crippen LogP contribution < -0.4 is 0 Å². The van der Waals surface area contributed by atoms with Crippen LogP contribution in [0.5, 0.6) is 0 Å². The van der Waals surface area contributed by atoms with E-state index in [0.29, 0.717) is 12.3 Å². The third-order valence-corrected chi connectivity index (χ3v) is 10.9. The Kier molecular flexibility index (Phi) is 4.00. The van der Waals surface area contributed by atoms with Crippen LogP contribution in [0.15, 0.2) is 0 Å². The molecule has 0 amide bonds. The highest BCUT2D eigenvalue weighted by molar-refractivity contribution is 5.33. The summed E-state index contributed by atoms with van der Waals surface area (Å²) in [7, 11) is 3.52. The van der Waals surface area contributed by atoms with Crippen molar-refractivity contribution in [2.75, 3.05) is 33.9 Å². The van der Waals surface area contributed by atoms with Crippen LogP contribution >= 0.6 is 0 Å². The molecule has 6 fully saturated rings. The molecule has 1 saturated heterocycles. The van der Waals surface area contributed by atoms with E-state index in [1.807, 2.05) is 0 Å². The molecule has 164 valence electrons. The summed E-state index contributed by atoms with van der Waals surface area (Å²) in [6, 6.07) is 0.200. The number of methoxy groups -OCH3 is 2. The highest BCUT2D eigenvalue weighted by atomic mass is 16.5. The zero-order valence-electron chi connectivity index (χ0n) is 18.0. The average Bonchev–Trinajstić information content (AvgIpc) is 3.13. The monoisotopic (exact) mass is 407 g/mol. The first-order valence-corrected chi connectivity index (χ1v) is 11.7. The van der Waals surface area contributed by atoms with Gasteiger partial charge in [0.05, 0.1) is 30.5 Å². The van der Waals surface area contributed by atoms with Gasteiger partial charge in [0.25, 0.3) is 0 Å². The minimum Gasteiger partial charge on any atom is -0.392 e. The molecule has 0 radical (unpaired) electrons. The first kappa shape index (κ1) is 19.4. The zero-order chi connectivity index (χ0) is 20.3. The second kappa shape index (κ2) is 5.96. The van der Waals surface area contributed by atoms with Gasteiger partial charge in [-0.25, -0.2) is 0 Å². The lowest BCUT2D eigenvalue weighted by molar-refractivity contribution is -0.272. The van der Waals surface area contributed by atoms with Crippen molar-refractivity contribution in [1.82, 2.24) is 4.90 Å². The molecular weight excluding hydrogens is 370 g/mol. The number of aliphatic hydroxyl groups is 3. The first-order chi connectivity index (χ1) is 13.9. The predicted molar refractivity (Wildman–Crippen MR) is 106 cm³/mol. The van der Waals surface area contributed by atoms with Gasteiger partial charge in [-0.15, -0.1) is 0 Å². The molecule has 6 rings (SSSR count). The van der Waals surface area contributed by atoms with Gasteiger partial charge in [-0.3, -0.25) is 4.90 Å². The van der Waals surface area contributed by atoms with E-state index in [1.165, 1.54) is 0 Å². The van der Waals surface area contributed by atoms with Crippen molar-refractivity contribution < 1.29 is 24.8 Å². The Morgan fingerprint density at radius 1 is 1.14 bits per heavy atom. The molecule has 0 aromatic heterocycles. The number of ether oxygens (including phenoxy) is 2. The minimum atomic E-state index is -0.901. The third-order valence-electron chi connectivity index (χ3n) is 10.9. The van der Waals surface area contributed by atoms with Gasteiger partial charge in [-0.1, -0.05) is 6.92 Å². The molecule has 29 heavy (non-hydrogen) atoms. The molecule has 0 aromatic rings. The van der Waals surface area contributed by atoms with E-state index in [1.54, 1.807) is 14.2 Å².